The topological polar surface area (TPSA) is 92.2 Å². The van der Waals surface area contributed by atoms with Gasteiger partial charge < -0.3 is 20.5 Å². The molecule has 0 radical (unpaired) electrons. The summed E-state index contributed by atoms with van der Waals surface area (Å²) in [6.45, 7) is 6.31. The molecule has 10 heteroatoms. The number of fused-ring (bicyclic) bond motifs is 1. The molecule has 0 spiro atoms. The van der Waals surface area contributed by atoms with Crippen LogP contribution in [0.15, 0.2) is 60.7 Å². The Balaban J connectivity index is 1.55. The van der Waals surface area contributed by atoms with Crippen LogP contribution in [-0.4, -0.2) is 22.3 Å². The summed E-state index contributed by atoms with van der Waals surface area (Å²) in [7, 11) is 0. The van der Waals surface area contributed by atoms with Crippen LogP contribution in [-0.2, 0) is 17.9 Å². The normalized spacial score (nSPS) is 11.1. The van der Waals surface area contributed by atoms with Crippen LogP contribution >= 0.6 is 23.2 Å². The molecule has 0 fully saturated rings. The van der Waals surface area contributed by atoms with Crippen LogP contribution < -0.4 is 16.0 Å². The van der Waals surface area contributed by atoms with Crippen molar-refractivity contribution < 1.29 is 18.8 Å². The van der Waals surface area contributed by atoms with Gasteiger partial charge in [-0.05, 0) is 67.1 Å². The molecule has 39 heavy (non-hydrogen) atoms. The molecule has 0 aliphatic heterocycles. The van der Waals surface area contributed by atoms with Crippen LogP contribution in [0, 0.1) is 11.7 Å². The molecule has 0 saturated heterocycles. The quantitative estimate of drug-likeness (QED) is 0.216. The first kappa shape index (κ1) is 28.1. The van der Waals surface area contributed by atoms with Crippen molar-refractivity contribution in [2.24, 2.45) is 5.92 Å². The van der Waals surface area contributed by atoms with Gasteiger partial charge in [0.2, 0.25) is 5.91 Å². The van der Waals surface area contributed by atoms with Crippen molar-refractivity contribution in [2.45, 2.75) is 33.9 Å². The summed E-state index contributed by atoms with van der Waals surface area (Å²) in [5.74, 6) is -1.54. The summed E-state index contributed by atoms with van der Waals surface area (Å²) >= 11 is 12.4. The van der Waals surface area contributed by atoms with E-state index in [4.69, 9.17) is 23.2 Å². The van der Waals surface area contributed by atoms with E-state index < -0.39 is 17.6 Å². The third kappa shape index (κ3) is 6.41. The molecule has 4 aromatic rings. The highest BCUT2D eigenvalue weighted by Gasteiger charge is 2.18. The largest absolute Gasteiger partial charge is 0.352 e. The Labute approximate surface area is 235 Å². The number of benzene rings is 3. The monoisotopic (exact) mass is 568 g/mol. The maximum Gasteiger partial charge on any atom is 0.272 e. The molecule has 1 aromatic heterocycles. The van der Waals surface area contributed by atoms with E-state index in [1.54, 1.807) is 50.2 Å². The highest BCUT2D eigenvalue weighted by molar-refractivity contribution is 6.34. The van der Waals surface area contributed by atoms with Gasteiger partial charge in [0.1, 0.15) is 11.5 Å². The number of halogens is 3. The van der Waals surface area contributed by atoms with Crippen LogP contribution in [0.2, 0.25) is 10.0 Å². The van der Waals surface area contributed by atoms with E-state index in [9.17, 15) is 18.8 Å². The van der Waals surface area contributed by atoms with Crippen LogP contribution in [0.1, 0.15) is 47.2 Å². The second kappa shape index (κ2) is 11.9. The summed E-state index contributed by atoms with van der Waals surface area (Å²) in [5.41, 5.74) is 3.01. The molecule has 202 valence electrons. The second-order valence-electron chi connectivity index (χ2n) is 9.27. The second-order valence-corrected chi connectivity index (χ2v) is 10.1. The van der Waals surface area contributed by atoms with E-state index in [1.165, 1.54) is 12.1 Å². The molecular weight excluding hydrogens is 542 g/mol. The Morgan fingerprint density at radius 3 is 2.36 bits per heavy atom. The lowest BCUT2D eigenvalue weighted by atomic mass is 10.1. The molecule has 0 atom stereocenters. The molecule has 0 unspecified atom stereocenters. The number of aromatic nitrogens is 1. The average Bonchev–Trinajstić information content (AvgIpc) is 3.27. The van der Waals surface area contributed by atoms with Gasteiger partial charge in [-0.3, -0.25) is 14.4 Å². The smallest absolute Gasteiger partial charge is 0.272 e. The molecule has 3 aromatic carbocycles. The highest BCUT2D eigenvalue weighted by Crippen LogP contribution is 2.27. The summed E-state index contributed by atoms with van der Waals surface area (Å²) in [5, 5.41) is 9.52. The van der Waals surface area contributed by atoms with Gasteiger partial charge >= 0.3 is 0 Å². The molecule has 3 amide bonds. The first-order valence-electron chi connectivity index (χ1n) is 12.3. The van der Waals surface area contributed by atoms with Gasteiger partial charge in [0.25, 0.3) is 11.8 Å². The lowest BCUT2D eigenvalue weighted by Crippen LogP contribution is -2.27. The standard InChI is InChI=1S/C29H27Cl2FN4O3/c1-4-36-25-10-7-20(12-18(25)13-26(36)29(39)35-24-9-6-19(32)14-23(24)31)34-28(38)21-11-17(5-8-22(21)30)15-33-27(37)16(2)3/h5-14,16H,4,15H2,1-3H3,(H,33,37)(H,34,38)(H,35,39). The van der Waals surface area contributed by atoms with E-state index in [-0.39, 0.29) is 34.0 Å². The minimum absolute atomic E-state index is 0.0860. The first-order valence-corrected chi connectivity index (χ1v) is 13.1. The minimum atomic E-state index is -0.499. The number of hydrogen-bond acceptors (Lipinski definition) is 3. The third-order valence-corrected chi connectivity index (χ3v) is 6.80. The van der Waals surface area contributed by atoms with E-state index >= 15 is 0 Å². The van der Waals surface area contributed by atoms with Gasteiger partial charge in [-0.2, -0.15) is 0 Å². The van der Waals surface area contributed by atoms with Crippen molar-refractivity contribution in [3.05, 3.63) is 93.3 Å². The summed E-state index contributed by atoms with van der Waals surface area (Å²) in [6.07, 6.45) is 0. The highest BCUT2D eigenvalue weighted by atomic mass is 35.5. The fourth-order valence-electron chi connectivity index (χ4n) is 4.10. The van der Waals surface area contributed by atoms with Gasteiger partial charge in [0.05, 0.1) is 21.3 Å². The first-order chi connectivity index (χ1) is 18.6. The van der Waals surface area contributed by atoms with Crippen molar-refractivity contribution in [1.29, 1.82) is 0 Å². The predicted octanol–water partition coefficient (Wildman–Crippen LogP) is 6.88. The lowest BCUT2D eigenvalue weighted by Gasteiger charge is -2.11. The fourth-order valence-corrected chi connectivity index (χ4v) is 4.52. The zero-order valence-electron chi connectivity index (χ0n) is 21.6. The van der Waals surface area contributed by atoms with Crippen molar-refractivity contribution in [2.75, 3.05) is 10.6 Å². The molecule has 4 rings (SSSR count). The zero-order valence-corrected chi connectivity index (χ0v) is 23.1. The molecule has 1 heterocycles. The third-order valence-electron chi connectivity index (χ3n) is 6.15. The SMILES string of the molecule is CCn1c(C(=O)Nc2ccc(F)cc2Cl)cc2cc(NC(=O)c3cc(CNC(=O)C(C)C)ccc3Cl)ccc21. The number of nitrogens with one attached hydrogen (secondary N) is 3. The van der Waals surface area contributed by atoms with E-state index in [0.29, 0.717) is 23.6 Å². The van der Waals surface area contributed by atoms with Crippen molar-refractivity contribution in [1.82, 2.24) is 9.88 Å². The number of anilines is 2. The molecule has 0 aliphatic rings. The van der Waals surface area contributed by atoms with Crippen LogP contribution in [0.25, 0.3) is 10.9 Å². The Kier molecular flexibility index (Phi) is 8.57. The molecular formula is C29H27Cl2FN4O3. The molecule has 7 nitrogen and oxygen atoms in total. The molecule has 0 saturated carbocycles. The van der Waals surface area contributed by atoms with Gasteiger partial charge in [0.15, 0.2) is 0 Å². The van der Waals surface area contributed by atoms with Crippen molar-refractivity contribution in [3.63, 3.8) is 0 Å². The number of rotatable bonds is 8. The van der Waals surface area contributed by atoms with Gasteiger partial charge in [-0.1, -0.05) is 43.1 Å². The number of nitrogens with zero attached hydrogens (tertiary/aromatic N) is 1. The number of carbonyl (C=O) groups is 3. The van der Waals surface area contributed by atoms with E-state index in [2.05, 4.69) is 16.0 Å². The maximum atomic E-state index is 13.4. The Morgan fingerprint density at radius 1 is 0.897 bits per heavy atom. The van der Waals surface area contributed by atoms with Crippen LogP contribution in [0.3, 0.4) is 0 Å². The fraction of sp³-hybridized carbons (Fsp3) is 0.207. The van der Waals surface area contributed by atoms with Crippen molar-refractivity contribution >= 4 is 63.2 Å². The Hall–Kier alpha value is -3.88. The lowest BCUT2D eigenvalue weighted by molar-refractivity contribution is -0.124. The summed E-state index contributed by atoms with van der Waals surface area (Å²) in [6, 6.07) is 15.8. The number of carbonyl (C=O) groups excluding carboxylic acids is 3. The Morgan fingerprint density at radius 2 is 1.67 bits per heavy atom. The van der Waals surface area contributed by atoms with Crippen LogP contribution in [0.4, 0.5) is 15.8 Å². The molecule has 3 N–H and O–H groups in total. The summed E-state index contributed by atoms with van der Waals surface area (Å²) in [4.78, 5) is 38.0. The average molecular weight is 569 g/mol. The van der Waals surface area contributed by atoms with Crippen molar-refractivity contribution in [3.8, 4) is 0 Å². The van der Waals surface area contributed by atoms with Gasteiger partial charge in [-0.15, -0.1) is 0 Å². The zero-order chi connectivity index (χ0) is 28.3. The number of hydrogen-bond donors (Lipinski definition) is 3. The molecule has 0 bridgehead atoms. The number of aryl methyl sites for hydroxylation is 1. The minimum Gasteiger partial charge on any atom is -0.352 e. The van der Waals surface area contributed by atoms with Gasteiger partial charge in [0, 0.05) is 35.6 Å². The van der Waals surface area contributed by atoms with E-state index in [0.717, 1.165) is 22.5 Å². The molecule has 0 aliphatic carbocycles. The maximum absolute atomic E-state index is 13.4. The van der Waals surface area contributed by atoms with E-state index in [1.807, 2.05) is 17.6 Å². The summed E-state index contributed by atoms with van der Waals surface area (Å²) < 4.78 is 15.2. The Bertz CT molecular complexity index is 1580. The van der Waals surface area contributed by atoms with Crippen LogP contribution in [0.5, 0.6) is 0 Å². The van der Waals surface area contributed by atoms with Gasteiger partial charge in [-0.25, -0.2) is 4.39 Å². The number of amides is 3. The predicted molar refractivity (Wildman–Crippen MR) is 153 cm³/mol.